The van der Waals surface area contributed by atoms with Crippen molar-refractivity contribution in [2.45, 2.75) is 26.7 Å². The highest BCUT2D eigenvalue weighted by Crippen LogP contribution is 2.29. The molecule has 6 heteroatoms. The Morgan fingerprint density at radius 3 is 2.79 bits per heavy atom. The summed E-state index contributed by atoms with van der Waals surface area (Å²) in [7, 11) is 0. The largest absolute Gasteiger partial charge is 0.481 e. The van der Waals surface area contributed by atoms with E-state index >= 15 is 0 Å². The normalized spacial score (nSPS) is 11.7. The average molecular weight is 279 g/mol. The van der Waals surface area contributed by atoms with Crippen molar-refractivity contribution in [3.8, 4) is 0 Å². The summed E-state index contributed by atoms with van der Waals surface area (Å²) >= 11 is 1.55. The summed E-state index contributed by atoms with van der Waals surface area (Å²) in [5.74, 6) is -0.0561. The van der Waals surface area contributed by atoms with Gasteiger partial charge in [-0.15, -0.1) is 11.3 Å². The Morgan fingerprint density at radius 1 is 1.42 bits per heavy atom. The van der Waals surface area contributed by atoms with Crippen LogP contribution in [0.1, 0.15) is 26.7 Å². The van der Waals surface area contributed by atoms with Crippen molar-refractivity contribution in [1.29, 1.82) is 0 Å². The van der Waals surface area contributed by atoms with Gasteiger partial charge in [0.15, 0.2) is 0 Å². The molecule has 0 aliphatic rings. The van der Waals surface area contributed by atoms with Gasteiger partial charge >= 0.3 is 5.97 Å². The standard InChI is InChI=1S/C13H17N3O2S/c1-3-13(4-2,12(17)18)7-14-10-9-5-6-19-11(9)16-8-15-10/h5-6,8H,3-4,7H2,1-2H3,(H,17,18)(H,14,15,16). The molecule has 2 aromatic heterocycles. The van der Waals surface area contributed by atoms with E-state index in [1.165, 1.54) is 6.33 Å². The molecule has 0 bridgehead atoms. The SMILES string of the molecule is CCC(CC)(CNc1ncnc2sccc12)C(=O)O. The molecule has 0 aliphatic carbocycles. The number of fused-ring (bicyclic) bond motifs is 1. The van der Waals surface area contributed by atoms with Crippen LogP contribution in [0.4, 0.5) is 5.82 Å². The van der Waals surface area contributed by atoms with Crippen LogP contribution < -0.4 is 5.32 Å². The molecule has 0 aliphatic heterocycles. The summed E-state index contributed by atoms with van der Waals surface area (Å²) in [4.78, 5) is 20.7. The Morgan fingerprint density at radius 2 is 2.16 bits per heavy atom. The number of carbonyl (C=O) groups is 1. The minimum atomic E-state index is -0.763. The van der Waals surface area contributed by atoms with Crippen molar-refractivity contribution < 1.29 is 9.90 Å². The zero-order valence-electron chi connectivity index (χ0n) is 11.0. The Labute approximate surface area is 115 Å². The maximum Gasteiger partial charge on any atom is 0.311 e. The molecule has 2 rings (SSSR count). The number of rotatable bonds is 6. The van der Waals surface area contributed by atoms with Gasteiger partial charge in [-0.1, -0.05) is 13.8 Å². The molecule has 0 aromatic carbocycles. The predicted molar refractivity (Wildman–Crippen MR) is 76.6 cm³/mol. The summed E-state index contributed by atoms with van der Waals surface area (Å²) in [5.41, 5.74) is -0.743. The molecule has 0 radical (unpaired) electrons. The lowest BCUT2D eigenvalue weighted by Crippen LogP contribution is -2.37. The number of thiophene rings is 1. The number of aliphatic carboxylic acids is 1. The first-order valence-electron chi connectivity index (χ1n) is 6.28. The van der Waals surface area contributed by atoms with E-state index < -0.39 is 11.4 Å². The number of carboxylic acids is 1. The smallest absolute Gasteiger partial charge is 0.311 e. The third kappa shape index (κ3) is 2.53. The van der Waals surface area contributed by atoms with Crippen LogP contribution >= 0.6 is 11.3 Å². The molecular weight excluding hydrogens is 262 g/mol. The monoisotopic (exact) mass is 279 g/mol. The molecule has 2 aromatic rings. The van der Waals surface area contributed by atoms with Crippen molar-refractivity contribution in [3.05, 3.63) is 17.8 Å². The molecular formula is C13H17N3O2S. The fourth-order valence-electron chi connectivity index (χ4n) is 2.06. The van der Waals surface area contributed by atoms with Crippen LogP contribution in [0.5, 0.6) is 0 Å². The van der Waals surface area contributed by atoms with Gasteiger partial charge in [0.05, 0.1) is 10.8 Å². The lowest BCUT2D eigenvalue weighted by atomic mass is 9.82. The van der Waals surface area contributed by atoms with E-state index in [-0.39, 0.29) is 0 Å². The minimum Gasteiger partial charge on any atom is -0.481 e. The van der Waals surface area contributed by atoms with E-state index in [1.54, 1.807) is 11.3 Å². The van der Waals surface area contributed by atoms with Crippen LogP contribution in [0.25, 0.3) is 10.2 Å². The highest BCUT2D eigenvalue weighted by atomic mass is 32.1. The Kier molecular flexibility index (Phi) is 3.99. The third-order valence-electron chi connectivity index (χ3n) is 3.66. The quantitative estimate of drug-likeness (QED) is 0.850. The van der Waals surface area contributed by atoms with E-state index in [0.29, 0.717) is 25.2 Å². The summed E-state index contributed by atoms with van der Waals surface area (Å²) in [6.45, 7) is 4.18. The molecule has 19 heavy (non-hydrogen) atoms. The maximum atomic E-state index is 11.4. The molecule has 102 valence electrons. The van der Waals surface area contributed by atoms with Gasteiger partial charge in [0.25, 0.3) is 0 Å². The topological polar surface area (TPSA) is 75.1 Å². The molecule has 2 N–H and O–H groups in total. The first-order chi connectivity index (χ1) is 9.13. The molecule has 0 spiro atoms. The van der Waals surface area contributed by atoms with Crippen molar-refractivity contribution in [2.75, 3.05) is 11.9 Å². The van der Waals surface area contributed by atoms with E-state index in [0.717, 1.165) is 10.2 Å². The van der Waals surface area contributed by atoms with E-state index in [9.17, 15) is 9.90 Å². The molecule has 0 saturated heterocycles. The van der Waals surface area contributed by atoms with E-state index in [1.807, 2.05) is 25.3 Å². The second-order valence-electron chi connectivity index (χ2n) is 4.51. The van der Waals surface area contributed by atoms with Gasteiger partial charge < -0.3 is 10.4 Å². The van der Waals surface area contributed by atoms with Crippen molar-refractivity contribution in [2.24, 2.45) is 5.41 Å². The maximum absolute atomic E-state index is 11.4. The molecule has 5 nitrogen and oxygen atoms in total. The molecule has 0 saturated carbocycles. The van der Waals surface area contributed by atoms with Crippen molar-refractivity contribution in [3.63, 3.8) is 0 Å². The van der Waals surface area contributed by atoms with Gasteiger partial charge in [0.1, 0.15) is 17.0 Å². The average Bonchev–Trinajstić information content (AvgIpc) is 2.89. The molecule has 2 heterocycles. The van der Waals surface area contributed by atoms with Crippen LogP contribution in [-0.4, -0.2) is 27.6 Å². The second kappa shape index (κ2) is 5.52. The Balaban J connectivity index is 2.22. The van der Waals surface area contributed by atoms with Crippen LogP contribution in [0, 0.1) is 5.41 Å². The molecule has 0 atom stereocenters. The third-order valence-corrected chi connectivity index (χ3v) is 4.48. The Bertz CT molecular complexity index is 578. The van der Waals surface area contributed by atoms with Crippen molar-refractivity contribution >= 4 is 33.3 Å². The van der Waals surface area contributed by atoms with Gasteiger partial charge in [-0.25, -0.2) is 9.97 Å². The van der Waals surface area contributed by atoms with Crippen molar-refractivity contribution in [1.82, 2.24) is 9.97 Å². The van der Waals surface area contributed by atoms with Crippen LogP contribution in [-0.2, 0) is 4.79 Å². The number of hydrogen-bond donors (Lipinski definition) is 2. The molecule has 0 amide bonds. The first kappa shape index (κ1) is 13.7. The molecule has 0 fully saturated rings. The fourth-order valence-corrected chi connectivity index (χ4v) is 2.79. The van der Waals surface area contributed by atoms with Crippen LogP contribution in [0.2, 0.25) is 0 Å². The predicted octanol–water partition coefficient (Wildman–Crippen LogP) is 2.99. The van der Waals surface area contributed by atoms with Gasteiger partial charge in [0.2, 0.25) is 0 Å². The second-order valence-corrected chi connectivity index (χ2v) is 5.40. The first-order valence-corrected chi connectivity index (χ1v) is 7.16. The van der Waals surface area contributed by atoms with Gasteiger partial charge in [0, 0.05) is 6.54 Å². The van der Waals surface area contributed by atoms with Crippen LogP contribution in [0.15, 0.2) is 17.8 Å². The minimum absolute atomic E-state index is 0.372. The highest BCUT2D eigenvalue weighted by molar-refractivity contribution is 7.16. The Hall–Kier alpha value is -1.69. The van der Waals surface area contributed by atoms with Gasteiger partial charge in [-0.05, 0) is 24.3 Å². The number of anilines is 1. The fraction of sp³-hybridized carbons (Fsp3) is 0.462. The lowest BCUT2D eigenvalue weighted by molar-refractivity contribution is -0.148. The zero-order chi connectivity index (χ0) is 13.9. The number of hydrogen-bond acceptors (Lipinski definition) is 5. The number of nitrogens with one attached hydrogen (secondary N) is 1. The summed E-state index contributed by atoms with van der Waals surface area (Å²) in [6.07, 6.45) is 2.68. The summed E-state index contributed by atoms with van der Waals surface area (Å²) < 4.78 is 0. The molecule has 0 unspecified atom stereocenters. The number of nitrogens with zero attached hydrogens (tertiary/aromatic N) is 2. The van der Waals surface area contributed by atoms with Gasteiger partial charge in [-0.2, -0.15) is 0 Å². The van der Waals surface area contributed by atoms with E-state index in [4.69, 9.17) is 0 Å². The zero-order valence-corrected chi connectivity index (χ0v) is 11.8. The number of aromatic nitrogens is 2. The van der Waals surface area contributed by atoms with E-state index in [2.05, 4.69) is 15.3 Å². The highest BCUT2D eigenvalue weighted by Gasteiger charge is 2.34. The summed E-state index contributed by atoms with van der Waals surface area (Å²) in [6, 6.07) is 1.95. The lowest BCUT2D eigenvalue weighted by Gasteiger charge is -2.27. The number of carboxylic acid groups (broad SMARTS) is 1. The summed E-state index contributed by atoms with van der Waals surface area (Å²) in [5, 5.41) is 15.5. The van der Waals surface area contributed by atoms with Crippen LogP contribution in [0.3, 0.4) is 0 Å². The van der Waals surface area contributed by atoms with Gasteiger partial charge in [-0.3, -0.25) is 4.79 Å².